The number of nitriles is 1. The smallest absolute Gasteiger partial charge is 0.208 e. The van der Waals surface area contributed by atoms with E-state index in [1.807, 2.05) is 6.07 Å². The fourth-order valence-electron chi connectivity index (χ4n) is 1.84. The van der Waals surface area contributed by atoms with Gasteiger partial charge in [0.25, 0.3) is 0 Å². The normalized spacial score (nSPS) is 11.6. The molecule has 0 atom stereocenters. The number of nitrogens with one attached hydrogen (secondary N) is 2. The van der Waals surface area contributed by atoms with E-state index in [0.29, 0.717) is 22.4 Å². The lowest BCUT2D eigenvalue weighted by atomic mass is 10.2. The number of fused-ring (bicyclic) bond motifs is 1. The molecule has 1 aromatic heterocycles. The summed E-state index contributed by atoms with van der Waals surface area (Å²) in [7, 11) is -3.22. The molecule has 0 unspecified atom stereocenters. The van der Waals surface area contributed by atoms with Crippen molar-refractivity contribution in [3.63, 3.8) is 0 Å². The average Bonchev–Trinajstić information content (AvgIpc) is 2.64. The monoisotopic (exact) mass is 296 g/mol. The first-order valence-electron chi connectivity index (χ1n) is 5.48. The van der Waals surface area contributed by atoms with Crippen LogP contribution in [0.4, 0.5) is 0 Å². The summed E-state index contributed by atoms with van der Waals surface area (Å²) < 4.78 is 26.7. The van der Waals surface area contributed by atoms with E-state index in [0.717, 1.165) is 11.8 Å². The summed E-state index contributed by atoms with van der Waals surface area (Å²) in [4.78, 5) is 2.97. The molecule has 2 aromatic rings. The van der Waals surface area contributed by atoms with E-state index < -0.39 is 10.0 Å². The zero-order chi connectivity index (χ0) is 14.0. The van der Waals surface area contributed by atoms with Gasteiger partial charge in [-0.25, -0.2) is 13.1 Å². The highest BCUT2D eigenvalue weighted by Gasteiger charge is 2.08. The summed E-state index contributed by atoms with van der Waals surface area (Å²) in [5, 5.41) is 9.01. The van der Waals surface area contributed by atoms with Gasteiger partial charge in [0.05, 0.1) is 22.9 Å². The van der Waals surface area contributed by atoms with Crippen molar-refractivity contribution in [2.24, 2.45) is 0 Å². The summed E-state index contributed by atoms with van der Waals surface area (Å²) in [6.45, 7) is 0.650. The van der Waals surface area contributed by atoms with Crippen molar-refractivity contribution in [2.75, 3.05) is 12.8 Å². The highest BCUT2D eigenvalue weighted by Crippen LogP contribution is 2.17. The molecule has 0 radical (unpaired) electrons. The van der Waals surface area contributed by atoms with Crippen LogP contribution in [0.5, 0.6) is 0 Å². The Bertz CT molecular complexity index is 811. The van der Waals surface area contributed by atoms with Gasteiger partial charge in [0.1, 0.15) is 6.07 Å². The molecule has 100 valence electrons. The third kappa shape index (κ3) is 3.01. The molecule has 6 nitrogen and oxygen atoms in total. The number of nitrogens with zero attached hydrogens (tertiary/aromatic N) is 2. The fourth-order valence-corrected chi connectivity index (χ4v) is 2.59. The Kier molecular flexibility index (Phi) is 3.71. The van der Waals surface area contributed by atoms with E-state index in [4.69, 9.17) is 17.5 Å². The minimum Gasteiger partial charge on any atom is -0.329 e. The Balaban J connectivity index is 2.37. The number of sulfonamides is 1. The maximum atomic E-state index is 11.0. The minimum atomic E-state index is -3.22. The standard InChI is InChI=1S/C11H12N4O2S2/c1-19(16,17)13-5-6-15-9-4-2-3-8(7-12)10(9)14-11(15)18/h2-4,13H,5-6H2,1H3,(H,14,18). The van der Waals surface area contributed by atoms with E-state index in [1.165, 1.54) is 0 Å². The lowest BCUT2D eigenvalue weighted by molar-refractivity contribution is 0.579. The predicted octanol–water partition coefficient (Wildman–Crippen LogP) is 1.12. The Morgan fingerprint density at radius 3 is 2.89 bits per heavy atom. The summed E-state index contributed by atoms with van der Waals surface area (Å²) in [5.74, 6) is 0. The third-order valence-corrected chi connectivity index (χ3v) is 3.68. The summed E-state index contributed by atoms with van der Waals surface area (Å²) in [6.07, 6.45) is 1.11. The molecule has 0 aliphatic heterocycles. The lowest BCUT2D eigenvalue weighted by Gasteiger charge is -2.05. The molecule has 2 N–H and O–H groups in total. The average molecular weight is 296 g/mol. The van der Waals surface area contributed by atoms with Crippen LogP contribution >= 0.6 is 12.2 Å². The molecule has 0 aliphatic carbocycles. The Morgan fingerprint density at radius 2 is 2.26 bits per heavy atom. The van der Waals surface area contributed by atoms with Gasteiger partial charge in [0.15, 0.2) is 4.77 Å². The van der Waals surface area contributed by atoms with Gasteiger partial charge >= 0.3 is 0 Å². The molecule has 1 aromatic carbocycles. The van der Waals surface area contributed by atoms with Gasteiger partial charge in [-0.15, -0.1) is 0 Å². The van der Waals surface area contributed by atoms with Crippen LogP contribution in [0.1, 0.15) is 5.56 Å². The lowest BCUT2D eigenvalue weighted by Crippen LogP contribution is -2.26. The molecule has 1 heterocycles. The highest BCUT2D eigenvalue weighted by molar-refractivity contribution is 7.88. The largest absolute Gasteiger partial charge is 0.329 e. The summed E-state index contributed by atoms with van der Waals surface area (Å²) in [5.41, 5.74) is 1.98. The quantitative estimate of drug-likeness (QED) is 0.827. The van der Waals surface area contributed by atoms with Crippen molar-refractivity contribution in [2.45, 2.75) is 6.54 Å². The van der Waals surface area contributed by atoms with Crippen molar-refractivity contribution < 1.29 is 8.42 Å². The van der Waals surface area contributed by atoms with Crippen molar-refractivity contribution in [1.82, 2.24) is 14.3 Å². The molecule has 19 heavy (non-hydrogen) atoms. The van der Waals surface area contributed by atoms with Gasteiger partial charge in [0, 0.05) is 13.1 Å². The minimum absolute atomic E-state index is 0.247. The molecule has 0 bridgehead atoms. The van der Waals surface area contributed by atoms with Gasteiger partial charge in [-0.3, -0.25) is 0 Å². The second kappa shape index (κ2) is 5.13. The van der Waals surface area contributed by atoms with Crippen LogP contribution in [-0.2, 0) is 16.6 Å². The van der Waals surface area contributed by atoms with E-state index in [-0.39, 0.29) is 6.54 Å². The predicted molar refractivity (Wildman–Crippen MR) is 74.7 cm³/mol. The second-order valence-corrected chi connectivity index (χ2v) is 6.28. The number of aromatic amines is 1. The summed E-state index contributed by atoms with van der Waals surface area (Å²) >= 11 is 5.19. The Labute approximate surface area is 115 Å². The van der Waals surface area contributed by atoms with Gasteiger partial charge in [0.2, 0.25) is 10.0 Å². The Morgan fingerprint density at radius 1 is 1.53 bits per heavy atom. The number of imidazole rings is 1. The first kappa shape index (κ1) is 13.7. The van der Waals surface area contributed by atoms with Gasteiger partial charge in [-0.05, 0) is 24.4 Å². The molecule has 0 fully saturated rings. The van der Waals surface area contributed by atoms with Crippen LogP contribution in [0.3, 0.4) is 0 Å². The number of benzene rings is 1. The SMILES string of the molecule is CS(=O)(=O)NCCn1c(=S)[nH]c2c(C#N)cccc21. The number of rotatable bonds is 4. The van der Waals surface area contributed by atoms with Crippen LogP contribution in [0, 0.1) is 16.1 Å². The zero-order valence-electron chi connectivity index (χ0n) is 10.2. The van der Waals surface area contributed by atoms with E-state index in [2.05, 4.69) is 15.8 Å². The maximum absolute atomic E-state index is 11.0. The van der Waals surface area contributed by atoms with Gasteiger partial charge < -0.3 is 9.55 Å². The molecular weight excluding hydrogens is 284 g/mol. The van der Waals surface area contributed by atoms with Gasteiger partial charge in [-0.2, -0.15) is 5.26 Å². The zero-order valence-corrected chi connectivity index (χ0v) is 11.8. The molecule has 0 spiro atoms. The van der Waals surface area contributed by atoms with Crippen molar-refractivity contribution in [3.8, 4) is 6.07 Å². The third-order valence-electron chi connectivity index (χ3n) is 2.63. The first-order valence-corrected chi connectivity index (χ1v) is 7.78. The van der Waals surface area contributed by atoms with Crippen molar-refractivity contribution in [3.05, 3.63) is 28.5 Å². The Hall–Kier alpha value is -1.69. The molecule has 0 saturated carbocycles. The number of para-hydroxylation sites is 1. The molecule has 0 amide bonds. The molecular formula is C11H12N4O2S2. The summed E-state index contributed by atoms with van der Waals surface area (Å²) in [6, 6.07) is 7.39. The van der Waals surface area contributed by atoms with Crippen molar-refractivity contribution >= 4 is 33.3 Å². The van der Waals surface area contributed by atoms with E-state index >= 15 is 0 Å². The molecule has 0 saturated heterocycles. The molecule has 2 rings (SSSR count). The van der Waals surface area contributed by atoms with Crippen molar-refractivity contribution in [1.29, 1.82) is 5.26 Å². The maximum Gasteiger partial charge on any atom is 0.208 e. The number of aromatic nitrogens is 2. The van der Waals surface area contributed by atoms with Crippen LogP contribution in [0.2, 0.25) is 0 Å². The first-order chi connectivity index (χ1) is 8.92. The number of hydrogen-bond acceptors (Lipinski definition) is 4. The molecule has 8 heteroatoms. The second-order valence-electron chi connectivity index (χ2n) is 4.06. The van der Waals surface area contributed by atoms with E-state index in [9.17, 15) is 8.42 Å². The van der Waals surface area contributed by atoms with Crippen LogP contribution in [-0.4, -0.2) is 30.8 Å². The number of hydrogen-bond donors (Lipinski definition) is 2. The highest BCUT2D eigenvalue weighted by atomic mass is 32.2. The fraction of sp³-hybridized carbons (Fsp3) is 0.273. The van der Waals surface area contributed by atoms with Gasteiger partial charge in [-0.1, -0.05) is 6.07 Å². The topological polar surface area (TPSA) is 90.7 Å². The van der Waals surface area contributed by atoms with Crippen LogP contribution in [0.15, 0.2) is 18.2 Å². The van der Waals surface area contributed by atoms with Crippen LogP contribution < -0.4 is 4.72 Å². The molecule has 0 aliphatic rings. The van der Waals surface area contributed by atoms with Crippen LogP contribution in [0.25, 0.3) is 11.0 Å². The van der Waals surface area contributed by atoms with E-state index in [1.54, 1.807) is 16.7 Å². The number of H-pyrrole nitrogens is 1.